The molecule has 0 aliphatic rings. The fourth-order valence-electron chi connectivity index (χ4n) is 2.26. The van der Waals surface area contributed by atoms with Gasteiger partial charge < -0.3 is 10.2 Å². The average molecular weight is 263 g/mol. The molecule has 0 aliphatic heterocycles. The number of aromatic nitrogens is 1. The van der Waals surface area contributed by atoms with Crippen molar-refractivity contribution in [3.8, 4) is 0 Å². The Labute approximate surface area is 118 Å². The first-order valence-corrected chi connectivity index (χ1v) is 7.43. The maximum absolute atomic E-state index is 4.32. The molecule has 0 radical (unpaired) electrons. The Kier molecular flexibility index (Phi) is 6.85. The van der Waals surface area contributed by atoms with Crippen molar-refractivity contribution < 1.29 is 0 Å². The number of pyridine rings is 1. The van der Waals surface area contributed by atoms with Gasteiger partial charge in [0.15, 0.2) is 0 Å². The van der Waals surface area contributed by atoms with Crippen LogP contribution >= 0.6 is 0 Å². The first kappa shape index (κ1) is 16.0. The second kappa shape index (κ2) is 8.16. The minimum Gasteiger partial charge on any atom is -0.370 e. The van der Waals surface area contributed by atoms with Gasteiger partial charge in [0, 0.05) is 25.8 Å². The second-order valence-electron chi connectivity index (χ2n) is 5.98. The molecule has 0 fully saturated rings. The first-order valence-electron chi connectivity index (χ1n) is 7.43. The zero-order chi connectivity index (χ0) is 14.3. The molecule has 0 spiro atoms. The maximum atomic E-state index is 4.32. The van der Waals surface area contributed by atoms with Crippen LogP contribution in [-0.2, 0) is 6.54 Å². The first-order chi connectivity index (χ1) is 9.04. The molecule has 0 atom stereocenters. The van der Waals surface area contributed by atoms with Crippen molar-refractivity contribution >= 4 is 5.69 Å². The zero-order valence-electron chi connectivity index (χ0n) is 13.1. The van der Waals surface area contributed by atoms with Gasteiger partial charge in [-0.15, -0.1) is 0 Å². The Morgan fingerprint density at radius 1 is 1.16 bits per heavy atom. The van der Waals surface area contributed by atoms with Crippen LogP contribution < -0.4 is 10.2 Å². The lowest BCUT2D eigenvalue weighted by molar-refractivity contribution is 0.550. The molecule has 0 unspecified atom stereocenters. The summed E-state index contributed by atoms with van der Waals surface area (Å²) in [6, 6.07) is 2.13. The average Bonchev–Trinajstić information content (AvgIpc) is 2.35. The molecular weight excluding hydrogens is 234 g/mol. The molecule has 0 bridgehead atoms. The molecule has 1 heterocycles. The maximum Gasteiger partial charge on any atom is 0.0598 e. The molecule has 1 aromatic rings. The third-order valence-electron chi connectivity index (χ3n) is 2.96. The molecule has 0 amide bonds. The van der Waals surface area contributed by atoms with E-state index in [2.05, 4.69) is 55.9 Å². The van der Waals surface area contributed by atoms with Crippen LogP contribution in [0.3, 0.4) is 0 Å². The highest BCUT2D eigenvalue weighted by atomic mass is 15.1. The third kappa shape index (κ3) is 5.60. The molecule has 1 rings (SSSR count). The van der Waals surface area contributed by atoms with E-state index in [4.69, 9.17) is 0 Å². The van der Waals surface area contributed by atoms with Gasteiger partial charge in [0.05, 0.1) is 11.9 Å². The van der Waals surface area contributed by atoms with Gasteiger partial charge in [0.1, 0.15) is 0 Å². The fraction of sp³-hybridized carbons (Fsp3) is 0.688. The Bertz CT molecular complexity index is 351. The van der Waals surface area contributed by atoms with Gasteiger partial charge in [-0.25, -0.2) is 0 Å². The fourth-order valence-corrected chi connectivity index (χ4v) is 2.26. The van der Waals surface area contributed by atoms with Gasteiger partial charge in [-0.1, -0.05) is 34.6 Å². The SMILES string of the molecule is CCNCc1ccncc1N(CC(C)C)CC(C)C. The lowest BCUT2D eigenvalue weighted by Crippen LogP contribution is -2.32. The largest absolute Gasteiger partial charge is 0.370 e. The van der Waals surface area contributed by atoms with Crippen LogP contribution in [0.4, 0.5) is 5.69 Å². The molecule has 0 saturated carbocycles. The number of hydrogen-bond acceptors (Lipinski definition) is 3. The van der Waals surface area contributed by atoms with E-state index in [1.165, 1.54) is 11.3 Å². The minimum absolute atomic E-state index is 0.658. The highest BCUT2D eigenvalue weighted by Crippen LogP contribution is 2.21. The topological polar surface area (TPSA) is 28.2 Å². The van der Waals surface area contributed by atoms with Crippen LogP contribution in [-0.4, -0.2) is 24.6 Å². The van der Waals surface area contributed by atoms with Gasteiger partial charge in [0.25, 0.3) is 0 Å². The Morgan fingerprint density at radius 3 is 2.32 bits per heavy atom. The van der Waals surface area contributed by atoms with Crippen LogP contribution in [0.25, 0.3) is 0 Å². The molecule has 1 N–H and O–H groups in total. The Hall–Kier alpha value is -1.09. The molecule has 3 nitrogen and oxygen atoms in total. The van der Waals surface area contributed by atoms with E-state index in [9.17, 15) is 0 Å². The normalized spacial score (nSPS) is 11.3. The quantitative estimate of drug-likeness (QED) is 0.780. The van der Waals surface area contributed by atoms with Gasteiger partial charge in [-0.2, -0.15) is 0 Å². The summed E-state index contributed by atoms with van der Waals surface area (Å²) in [6.45, 7) is 15.3. The standard InChI is InChI=1S/C16H29N3/c1-6-17-9-15-7-8-18-10-16(15)19(11-13(2)3)12-14(4)5/h7-8,10,13-14,17H,6,9,11-12H2,1-5H3. The molecule has 108 valence electrons. The van der Waals surface area contributed by atoms with Crippen molar-refractivity contribution in [1.82, 2.24) is 10.3 Å². The Morgan fingerprint density at radius 2 is 1.79 bits per heavy atom. The predicted octanol–water partition coefficient (Wildman–Crippen LogP) is 3.31. The second-order valence-corrected chi connectivity index (χ2v) is 5.98. The van der Waals surface area contributed by atoms with Crippen molar-refractivity contribution in [3.63, 3.8) is 0 Å². The zero-order valence-corrected chi connectivity index (χ0v) is 13.1. The summed E-state index contributed by atoms with van der Waals surface area (Å²) in [5, 5.41) is 3.41. The van der Waals surface area contributed by atoms with Gasteiger partial charge in [-0.3, -0.25) is 4.98 Å². The summed E-state index contributed by atoms with van der Waals surface area (Å²) in [5.41, 5.74) is 2.63. The van der Waals surface area contributed by atoms with Crippen molar-refractivity contribution in [2.75, 3.05) is 24.5 Å². The molecule has 3 heteroatoms. The summed E-state index contributed by atoms with van der Waals surface area (Å²) in [5.74, 6) is 1.32. The third-order valence-corrected chi connectivity index (χ3v) is 2.96. The summed E-state index contributed by atoms with van der Waals surface area (Å²) in [6.07, 6.45) is 3.90. The summed E-state index contributed by atoms with van der Waals surface area (Å²) >= 11 is 0. The van der Waals surface area contributed by atoms with Gasteiger partial charge >= 0.3 is 0 Å². The van der Waals surface area contributed by atoms with Gasteiger partial charge in [0.2, 0.25) is 0 Å². The van der Waals surface area contributed by atoms with Crippen molar-refractivity contribution in [1.29, 1.82) is 0 Å². The highest BCUT2D eigenvalue weighted by molar-refractivity contribution is 5.51. The predicted molar refractivity (Wildman–Crippen MR) is 83.5 cm³/mol. The van der Waals surface area contributed by atoms with Crippen LogP contribution in [0.5, 0.6) is 0 Å². The summed E-state index contributed by atoms with van der Waals surface area (Å²) in [7, 11) is 0. The summed E-state index contributed by atoms with van der Waals surface area (Å²) in [4.78, 5) is 6.80. The number of nitrogens with one attached hydrogen (secondary N) is 1. The van der Waals surface area contributed by atoms with Gasteiger partial charge in [-0.05, 0) is 30.0 Å². The van der Waals surface area contributed by atoms with E-state index in [0.29, 0.717) is 11.8 Å². The molecule has 19 heavy (non-hydrogen) atoms. The van der Waals surface area contributed by atoms with E-state index in [0.717, 1.165) is 26.2 Å². The summed E-state index contributed by atoms with van der Waals surface area (Å²) < 4.78 is 0. The molecular formula is C16H29N3. The smallest absolute Gasteiger partial charge is 0.0598 e. The number of rotatable bonds is 8. The molecule has 0 aliphatic carbocycles. The van der Waals surface area contributed by atoms with Crippen molar-refractivity contribution in [2.24, 2.45) is 11.8 Å². The highest BCUT2D eigenvalue weighted by Gasteiger charge is 2.14. The molecule has 0 saturated heterocycles. The van der Waals surface area contributed by atoms with E-state index in [1.54, 1.807) is 0 Å². The van der Waals surface area contributed by atoms with Crippen LogP contribution in [0, 0.1) is 11.8 Å². The van der Waals surface area contributed by atoms with E-state index in [1.807, 2.05) is 12.4 Å². The van der Waals surface area contributed by atoms with Crippen molar-refractivity contribution in [2.45, 2.75) is 41.2 Å². The monoisotopic (exact) mass is 263 g/mol. The van der Waals surface area contributed by atoms with E-state index in [-0.39, 0.29) is 0 Å². The number of hydrogen-bond donors (Lipinski definition) is 1. The van der Waals surface area contributed by atoms with Crippen LogP contribution in [0.2, 0.25) is 0 Å². The minimum atomic E-state index is 0.658. The lowest BCUT2D eigenvalue weighted by Gasteiger charge is -2.30. The van der Waals surface area contributed by atoms with Crippen LogP contribution in [0.1, 0.15) is 40.2 Å². The van der Waals surface area contributed by atoms with Crippen molar-refractivity contribution in [3.05, 3.63) is 24.0 Å². The van der Waals surface area contributed by atoms with E-state index < -0.39 is 0 Å². The Balaban J connectivity index is 2.92. The number of nitrogens with zero attached hydrogens (tertiary/aromatic N) is 2. The molecule has 1 aromatic heterocycles. The van der Waals surface area contributed by atoms with E-state index >= 15 is 0 Å². The number of anilines is 1. The van der Waals surface area contributed by atoms with Crippen LogP contribution in [0.15, 0.2) is 18.5 Å². The molecule has 0 aromatic carbocycles. The lowest BCUT2D eigenvalue weighted by atomic mass is 10.1.